The van der Waals surface area contributed by atoms with Gasteiger partial charge in [0.1, 0.15) is 6.61 Å². The summed E-state index contributed by atoms with van der Waals surface area (Å²) in [7, 11) is 0. The fourth-order valence-electron chi connectivity index (χ4n) is 3.31. The lowest BCUT2D eigenvalue weighted by atomic mass is 9.89. The zero-order valence-corrected chi connectivity index (χ0v) is 14.2. The second-order valence-electron chi connectivity index (χ2n) is 6.92. The maximum absolute atomic E-state index is 12.0. The number of nitrogens with one attached hydrogen (secondary N) is 1. The molecule has 0 bridgehead atoms. The molecule has 0 aromatic rings. The van der Waals surface area contributed by atoms with Gasteiger partial charge in [0.05, 0.1) is 19.3 Å². The van der Waals surface area contributed by atoms with Gasteiger partial charge in [-0.1, -0.05) is 19.8 Å². The summed E-state index contributed by atoms with van der Waals surface area (Å²) >= 11 is 0. The predicted octanol–water partition coefficient (Wildman–Crippen LogP) is 1.81. The average Bonchev–Trinajstić information content (AvgIpc) is 2.52. The minimum Gasteiger partial charge on any atom is -0.379 e. The summed E-state index contributed by atoms with van der Waals surface area (Å²) in [6, 6.07) is 0.198. The highest BCUT2D eigenvalue weighted by Gasteiger charge is 2.20. The highest BCUT2D eigenvalue weighted by atomic mass is 16.5. The Hall–Kier alpha value is -0.650. The van der Waals surface area contributed by atoms with Gasteiger partial charge in [-0.25, -0.2) is 0 Å². The zero-order chi connectivity index (χ0) is 15.8. The third kappa shape index (κ3) is 6.63. The van der Waals surface area contributed by atoms with E-state index in [1.54, 1.807) is 0 Å². The van der Waals surface area contributed by atoms with Crippen molar-refractivity contribution in [3.05, 3.63) is 0 Å². The van der Waals surface area contributed by atoms with Crippen molar-refractivity contribution in [2.45, 2.75) is 58.1 Å². The SMILES string of the molecule is C[C@@H]1CCC[C@@H](OCC(=O)N[C@@H](C)CCN2CCOCC2)C1. The van der Waals surface area contributed by atoms with Gasteiger partial charge in [0.25, 0.3) is 0 Å². The van der Waals surface area contributed by atoms with Gasteiger partial charge in [0.15, 0.2) is 0 Å². The number of hydrogen-bond acceptors (Lipinski definition) is 4. The monoisotopic (exact) mass is 312 g/mol. The molecule has 5 heteroatoms. The van der Waals surface area contributed by atoms with Crippen molar-refractivity contribution in [3.63, 3.8) is 0 Å². The lowest BCUT2D eigenvalue weighted by Crippen LogP contribution is -2.41. The van der Waals surface area contributed by atoms with Crippen LogP contribution in [0.5, 0.6) is 0 Å². The number of morpholine rings is 1. The van der Waals surface area contributed by atoms with Gasteiger partial charge in [0, 0.05) is 25.7 Å². The number of carbonyl (C=O) groups excluding carboxylic acids is 1. The summed E-state index contributed by atoms with van der Waals surface area (Å²) in [6.45, 7) is 9.23. The lowest BCUT2D eigenvalue weighted by molar-refractivity contribution is -0.129. The van der Waals surface area contributed by atoms with E-state index in [2.05, 4.69) is 24.1 Å². The predicted molar refractivity (Wildman–Crippen MR) is 86.9 cm³/mol. The van der Waals surface area contributed by atoms with Crippen LogP contribution in [0.25, 0.3) is 0 Å². The maximum atomic E-state index is 12.0. The van der Waals surface area contributed by atoms with E-state index in [1.807, 2.05) is 0 Å². The van der Waals surface area contributed by atoms with Crippen LogP contribution in [-0.4, -0.2) is 62.4 Å². The van der Waals surface area contributed by atoms with Crippen LogP contribution < -0.4 is 5.32 Å². The van der Waals surface area contributed by atoms with Gasteiger partial charge < -0.3 is 14.8 Å². The summed E-state index contributed by atoms with van der Waals surface area (Å²) in [4.78, 5) is 14.4. The van der Waals surface area contributed by atoms with Crippen LogP contribution in [-0.2, 0) is 14.3 Å². The normalized spacial score (nSPS) is 28.3. The van der Waals surface area contributed by atoms with Crippen molar-refractivity contribution >= 4 is 5.91 Å². The first kappa shape index (κ1) is 17.7. The molecule has 0 aromatic heterocycles. The van der Waals surface area contributed by atoms with Gasteiger partial charge in [0.2, 0.25) is 5.91 Å². The van der Waals surface area contributed by atoms with E-state index >= 15 is 0 Å². The molecule has 2 aliphatic rings. The zero-order valence-electron chi connectivity index (χ0n) is 14.2. The molecule has 1 saturated carbocycles. The van der Waals surface area contributed by atoms with E-state index in [9.17, 15) is 4.79 Å². The number of rotatable bonds is 7. The molecule has 22 heavy (non-hydrogen) atoms. The molecule has 5 nitrogen and oxygen atoms in total. The first-order valence-corrected chi connectivity index (χ1v) is 8.84. The van der Waals surface area contributed by atoms with Gasteiger partial charge in [-0.05, 0) is 32.1 Å². The number of ether oxygens (including phenoxy) is 2. The van der Waals surface area contributed by atoms with E-state index in [4.69, 9.17) is 9.47 Å². The minimum atomic E-state index is 0.0210. The highest BCUT2D eigenvalue weighted by molar-refractivity contribution is 5.77. The second kappa shape index (κ2) is 9.48. The Bertz CT molecular complexity index is 332. The Balaban J connectivity index is 1.55. The Labute approximate surface area is 134 Å². The molecule has 1 aliphatic carbocycles. The number of hydrogen-bond donors (Lipinski definition) is 1. The van der Waals surface area contributed by atoms with E-state index in [0.717, 1.165) is 58.0 Å². The van der Waals surface area contributed by atoms with Crippen molar-refractivity contribution < 1.29 is 14.3 Å². The standard InChI is InChI=1S/C17H32N2O3/c1-14-4-3-5-16(12-14)22-13-17(20)18-15(2)6-7-19-8-10-21-11-9-19/h14-16H,3-13H2,1-2H3,(H,18,20)/t14-,15+,16-/m1/s1. The van der Waals surface area contributed by atoms with Crippen LogP contribution in [0.15, 0.2) is 0 Å². The van der Waals surface area contributed by atoms with Crippen LogP contribution in [0.2, 0.25) is 0 Å². The summed E-state index contributed by atoms with van der Waals surface area (Å²) in [5.41, 5.74) is 0. The van der Waals surface area contributed by atoms with Crippen molar-refractivity contribution in [1.82, 2.24) is 10.2 Å². The largest absolute Gasteiger partial charge is 0.379 e. The number of nitrogens with zero attached hydrogens (tertiary/aromatic N) is 1. The topological polar surface area (TPSA) is 50.8 Å². The van der Waals surface area contributed by atoms with Gasteiger partial charge in [-0.2, -0.15) is 0 Å². The van der Waals surface area contributed by atoms with Gasteiger partial charge >= 0.3 is 0 Å². The third-order valence-electron chi connectivity index (χ3n) is 4.73. The molecule has 1 heterocycles. The van der Waals surface area contributed by atoms with Crippen molar-refractivity contribution in [3.8, 4) is 0 Å². The van der Waals surface area contributed by atoms with Gasteiger partial charge in [-0.3, -0.25) is 9.69 Å². The molecule has 0 aromatic carbocycles. The van der Waals surface area contributed by atoms with Crippen LogP contribution in [0, 0.1) is 5.92 Å². The van der Waals surface area contributed by atoms with Crippen LogP contribution in [0.1, 0.15) is 46.0 Å². The van der Waals surface area contributed by atoms with E-state index in [0.29, 0.717) is 0 Å². The molecule has 3 atom stereocenters. The van der Waals surface area contributed by atoms with Crippen molar-refractivity contribution in [1.29, 1.82) is 0 Å². The number of carbonyl (C=O) groups is 1. The van der Waals surface area contributed by atoms with E-state index in [1.165, 1.54) is 12.8 Å². The minimum absolute atomic E-state index is 0.0210. The smallest absolute Gasteiger partial charge is 0.246 e. The molecular formula is C17H32N2O3. The van der Waals surface area contributed by atoms with Crippen molar-refractivity contribution in [2.75, 3.05) is 39.5 Å². The molecule has 1 amide bonds. The molecule has 2 rings (SSSR count). The summed E-state index contributed by atoms with van der Waals surface area (Å²) in [5, 5.41) is 3.05. The maximum Gasteiger partial charge on any atom is 0.246 e. The number of amides is 1. The highest BCUT2D eigenvalue weighted by Crippen LogP contribution is 2.25. The van der Waals surface area contributed by atoms with Crippen LogP contribution >= 0.6 is 0 Å². The fraction of sp³-hybridized carbons (Fsp3) is 0.941. The Morgan fingerprint density at radius 3 is 2.86 bits per heavy atom. The molecule has 0 spiro atoms. The molecule has 1 aliphatic heterocycles. The molecular weight excluding hydrogens is 280 g/mol. The molecule has 128 valence electrons. The van der Waals surface area contributed by atoms with Gasteiger partial charge in [-0.15, -0.1) is 0 Å². The first-order valence-electron chi connectivity index (χ1n) is 8.84. The van der Waals surface area contributed by atoms with Crippen LogP contribution in [0.3, 0.4) is 0 Å². The third-order valence-corrected chi connectivity index (χ3v) is 4.73. The Kier molecular flexibility index (Phi) is 7.63. The Morgan fingerprint density at radius 1 is 1.36 bits per heavy atom. The van der Waals surface area contributed by atoms with Crippen molar-refractivity contribution in [2.24, 2.45) is 5.92 Å². The van der Waals surface area contributed by atoms with Crippen LogP contribution in [0.4, 0.5) is 0 Å². The van der Waals surface area contributed by atoms with E-state index in [-0.39, 0.29) is 24.7 Å². The molecule has 2 fully saturated rings. The first-order chi connectivity index (χ1) is 10.6. The quantitative estimate of drug-likeness (QED) is 0.779. The fourth-order valence-corrected chi connectivity index (χ4v) is 3.31. The molecule has 1 N–H and O–H groups in total. The Morgan fingerprint density at radius 2 is 2.14 bits per heavy atom. The molecule has 1 saturated heterocycles. The average molecular weight is 312 g/mol. The molecule has 0 unspecified atom stereocenters. The second-order valence-corrected chi connectivity index (χ2v) is 6.92. The summed E-state index contributed by atoms with van der Waals surface area (Å²) < 4.78 is 11.1. The van der Waals surface area contributed by atoms with E-state index < -0.39 is 0 Å². The molecule has 0 radical (unpaired) electrons. The summed E-state index contributed by atoms with van der Waals surface area (Å²) in [5.74, 6) is 0.752. The lowest BCUT2D eigenvalue weighted by Gasteiger charge is -2.28. The summed E-state index contributed by atoms with van der Waals surface area (Å²) in [6.07, 6.45) is 5.97.